The maximum Gasteiger partial charge on any atom is 0.222 e. The first-order valence-corrected chi connectivity index (χ1v) is 10.8. The first-order chi connectivity index (χ1) is 12.9. The van der Waals surface area contributed by atoms with Crippen LogP contribution in [0.25, 0.3) is 0 Å². The lowest BCUT2D eigenvalue weighted by Crippen LogP contribution is -2.20. The lowest BCUT2D eigenvalue weighted by molar-refractivity contribution is -0.128. The Hall–Kier alpha value is -1.13. The van der Waals surface area contributed by atoms with Gasteiger partial charge in [-0.25, -0.2) is 0 Å². The number of amides is 1. The second kappa shape index (κ2) is 11.0. The number of fused-ring (bicyclic) bond motifs is 1. The number of carbonyl (C=O) groups excluding carboxylic acids is 1. The van der Waals surface area contributed by atoms with E-state index in [-0.39, 0.29) is 24.0 Å². The molecule has 1 amide bonds. The van der Waals surface area contributed by atoms with E-state index < -0.39 is 0 Å². The molecule has 27 heavy (non-hydrogen) atoms. The van der Waals surface area contributed by atoms with Crippen LogP contribution in [0.5, 0.6) is 0 Å². The van der Waals surface area contributed by atoms with Crippen molar-refractivity contribution in [1.82, 2.24) is 4.90 Å². The van der Waals surface area contributed by atoms with Gasteiger partial charge < -0.3 is 15.1 Å². The van der Waals surface area contributed by atoms with Gasteiger partial charge in [-0.2, -0.15) is 0 Å². The van der Waals surface area contributed by atoms with E-state index >= 15 is 0 Å². The fraction of sp³-hybridized carbons (Fsp3) is 0.783. The van der Waals surface area contributed by atoms with E-state index in [9.17, 15) is 15.0 Å². The van der Waals surface area contributed by atoms with Crippen molar-refractivity contribution in [2.24, 2.45) is 17.8 Å². The van der Waals surface area contributed by atoms with Crippen LogP contribution in [0.3, 0.4) is 0 Å². The van der Waals surface area contributed by atoms with E-state index in [4.69, 9.17) is 0 Å². The molecule has 0 spiro atoms. The van der Waals surface area contributed by atoms with Gasteiger partial charge in [-0.1, -0.05) is 50.0 Å². The van der Waals surface area contributed by atoms with E-state index in [0.717, 1.165) is 51.4 Å². The summed E-state index contributed by atoms with van der Waals surface area (Å²) in [5.41, 5.74) is 1.50. The summed E-state index contributed by atoms with van der Waals surface area (Å²) < 4.78 is 0. The molecule has 2 aliphatic rings. The summed E-state index contributed by atoms with van der Waals surface area (Å²) in [6.45, 7) is 2.17. The molecule has 2 aliphatic carbocycles. The molecule has 0 saturated heterocycles. The van der Waals surface area contributed by atoms with E-state index in [1.54, 1.807) is 19.0 Å². The highest BCUT2D eigenvalue weighted by molar-refractivity contribution is 5.75. The van der Waals surface area contributed by atoms with E-state index in [2.05, 4.69) is 19.1 Å². The molecule has 0 aromatic rings. The second-order valence-corrected chi connectivity index (χ2v) is 8.70. The van der Waals surface area contributed by atoms with E-state index in [0.29, 0.717) is 18.3 Å². The molecular weight excluding hydrogens is 338 g/mol. The van der Waals surface area contributed by atoms with E-state index in [1.165, 1.54) is 12.0 Å². The maximum absolute atomic E-state index is 11.6. The topological polar surface area (TPSA) is 60.8 Å². The number of aliphatic hydroxyl groups excluding tert-OH is 2. The fourth-order valence-corrected chi connectivity index (χ4v) is 4.68. The zero-order valence-corrected chi connectivity index (χ0v) is 17.4. The lowest BCUT2D eigenvalue weighted by Gasteiger charge is -2.17. The zero-order valence-electron chi connectivity index (χ0n) is 17.4. The molecule has 2 N–H and O–H groups in total. The van der Waals surface area contributed by atoms with Crippen molar-refractivity contribution in [3.05, 3.63) is 23.8 Å². The summed E-state index contributed by atoms with van der Waals surface area (Å²) in [6.07, 6.45) is 15.4. The quantitative estimate of drug-likeness (QED) is 0.445. The number of allylic oxidation sites excluding steroid dienone is 2. The van der Waals surface area contributed by atoms with Crippen molar-refractivity contribution in [1.29, 1.82) is 0 Å². The van der Waals surface area contributed by atoms with Gasteiger partial charge in [0, 0.05) is 26.4 Å². The number of unbranched alkanes of at least 4 members (excludes halogenated alkanes) is 3. The van der Waals surface area contributed by atoms with Crippen LogP contribution in [0.2, 0.25) is 0 Å². The van der Waals surface area contributed by atoms with Crippen LogP contribution in [0, 0.1) is 17.8 Å². The Labute approximate surface area is 165 Å². The first kappa shape index (κ1) is 22.2. The largest absolute Gasteiger partial charge is 0.392 e. The van der Waals surface area contributed by atoms with Gasteiger partial charge in [-0.05, 0) is 50.4 Å². The van der Waals surface area contributed by atoms with Crippen molar-refractivity contribution in [3.8, 4) is 0 Å². The third-order valence-corrected chi connectivity index (χ3v) is 6.30. The molecule has 2 saturated carbocycles. The molecule has 4 heteroatoms. The minimum atomic E-state index is -0.381. The van der Waals surface area contributed by atoms with Gasteiger partial charge in [-0.3, -0.25) is 4.79 Å². The van der Waals surface area contributed by atoms with Crippen molar-refractivity contribution in [3.63, 3.8) is 0 Å². The zero-order chi connectivity index (χ0) is 19.8. The second-order valence-electron chi connectivity index (χ2n) is 8.70. The fourth-order valence-electron chi connectivity index (χ4n) is 4.68. The lowest BCUT2D eigenvalue weighted by atomic mass is 9.90. The Balaban J connectivity index is 1.80. The molecule has 0 aromatic heterocycles. The Kier molecular flexibility index (Phi) is 9.04. The highest BCUT2D eigenvalue weighted by Crippen LogP contribution is 2.50. The monoisotopic (exact) mass is 377 g/mol. The molecule has 0 bridgehead atoms. The molecule has 2 rings (SSSR count). The minimum absolute atomic E-state index is 0.178. The first-order valence-electron chi connectivity index (χ1n) is 10.8. The molecule has 5 atom stereocenters. The van der Waals surface area contributed by atoms with Crippen LogP contribution in [0.15, 0.2) is 23.8 Å². The van der Waals surface area contributed by atoms with Crippen LogP contribution >= 0.6 is 0 Å². The normalized spacial score (nSPS) is 30.2. The SMILES string of the molecule is CCCCC[C@H](O)/C=C/[C@@H]1[C@H]2C/C(=C\CCCC(=O)N(C)C)C[C@H]2C[C@H]1O. The molecule has 0 unspecified atom stereocenters. The average molecular weight is 378 g/mol. The molecule has 0 aliphatic heterocycles. The highest BCUT2D eigenvalue weighted by Gasteiger charge is 2.44. The molecule has 0 aromatic carbocycles. The summed E-state index contributed by atoms with van der Waals surface area (Å²) in [7, 11) is 3.61. The van der Waals surface area contributed by atoms with E-state index in [1.807, 2.05) is 6.08 Å². The summed E-state index contributed by atoms with van der Waals surface area (Å²) >= 11 is 0. The number of rotatable bonds is 10. The number of hydrogen-bond acceptors (Lipinski definition) is 3. The van der Waals surface area contributed by atoms with Crippen LogP contribution in [0.1, 0.15) is 71.1 Å². The van der Waals surface area contributed by atoms with Gasteiger partial charge in [0.15, 0.2) is 0 Å². The third kappa shape index (κ3) is 6.76. The standard InChI is InChI=1S/C23H39NO3/c1-4-5-6-10-19(25)12-13-20-21-15-17(14-18(21)16-22(20)26)9-7-8-11-23(27)24(2)3/h9,12-13,18-22,25-26H,4-8,10-11,14-16H2,1-3H3/b13-12+,17-9-/t18-,19-,20+,21-,22+/m0/s1. The Bertz CT molecular complexity index is 526. The summed E-state index contributed by atoms with van der Waals surface area (Å²) in [5, 5.41) is 20.6. The van der Waals surface area contributed by atoms with Gasteiger partial charge in [-0.15, -0.1) is 0 Å². The Morgan fingerprint density at radius 2 is 2.04 bits per heavy atom. The smallest absolute Gasteiger partial charge is 0.222 e. The Morgan fingerprint density at radius 3 is 2.74 bits per heavy atom. The predicted molar refractivity (Wildman–Crippen MR) is 110 cm³/mol. The maximum atomic E-state index is 11.6. The number of hydrogen-bond donors (Lipinski definition) is 2. The van der Waals surface area contributed by atoms with Crippen LogP contribution in [-0.4, -0.2) is 47.3 Å². The molecule has 2 fully saturated rings. The Morgan fingerprint density at radius 1 is 1.26 bits per heavy atom. The average Bonchev–Trinajstić information content (AvgIpc) is 3.13. The number of nitrogens with zero attached hydrogens (tertiary/aromatic N) is 1. The van der Waals surface area contributed by atoms with Crippen molar-refractivity contribution in [2.45, 2.75) is 83.3 Å². The number of aliphatic hydroxyl groups is 2. The molecule has 0 radical (unpaired) electrons. The van der Waals surface area contributed by atoms with Crippen molar-refractivity contribution >= 4 is 5.91 Å². The summed E-state index contributed by atoms with van der Waals surface area (Å²) in [6, 6.07) is 0. The molecule has 0 heterocycles. The van der Waals surface area contributed by atoms with Crippen LogP contribution in [-0.2, 0) is 4.79 Å². The summed E-state index contributed by atoms with van der Waals surface area (Å²) in [4.78, 5) is 13.3. The van der Waals surface area contributed by atoms with Gasteiger partial charge in [0.2, 0.25) is 5.91 Å². The molecule has 154 valence electrons. The minimum Gasteiger partial charge on any atom is -0.392 e. The predicted octanol–water partition coefficient (Wildman–Crippen LogP) is 4.08. The van der Waals surface area contributed by atoms with Crippen LogP contribution < -0.4 is 0 Å². The third-order valence-electron chi connectivity index (χ3n) is 6.30. The molecule has 4 nitrogen and oxygen atoms in total. The highest BCUT2D eigenvalue weighted by atomic mass is 16.3. The van der Waals surface area contributed by atoms with Gasteiger partial charge in [0.05, 0.1) is 12.2 Å². The number of carbonyl (C=O) groups is 1. The van der Waals surface area contributed by atoms with Crippen molar-refractivity contribution in [2.75, 3.05) is 14.1 Å². The van der Waals surface area contributed by atoms with Gasteiger partial charge >= 0.3 is 0 Å². The van der Waals surface area contributed by atoms with Gasteiger partial charge in [0.25, 0.3) is 0 Å². The van der Waals surface area contributed by atoms with Gasteiger partial charge in [0.1, 0.15) is 0 Å². The van der Waals surface area contributed by atoms with Crippen molar-refractivity contribution < 1.29 is 15.0 Å². The molecular formula is C23H39NO3. The summed E-state index contributed by atoms with van der Waals surface area (Å²) in [5.74, 6) is 1.45. The van der Waals surface area contributed by atoms with Crippen LogP contribution in [0.4, 0.5) is 0 Å².